The van der Waals surface area contributed by atoms with Crippen LogP contribution in [-0.2, 0) is 10.4 Å². The number of nitrogens with one attached hydrogen (secondary N) is 1. The monoisotopic (exact) mass is 574 g/mol. The van der Waals surface area contributed by atoms with Gasteiger partial charge in [0.25, 0.3) is 17.4 Å². The molecule has 1 aromatic heterocycles. The molecule has 13 heteroatoms. The Balaban J connectivity index is 1.55. The summed E-state index contributed by atoms with van der Waals surface area (Å²) in [6.07, 6.45) is -5.76. The molecule has 1 unspecified atom stereocenters. The van der Waals surface area contributed by atoms with Gasteiger partial charge in [-0.3, -0.25) is 9.59 Å². The Hall–Kier alpha value is -3.12. The maximum Gasteiger partial charge on any atom is 0.430 e. The molecule has 214 valence electrons. The molecular weight excluding hydrogens is 544 g/mol. The number of alkyl halides is 4. The molecule has 8 nitrogen and oxygen atoms in total. The van der Waals surface area contributed by atoms with E-state index in [1.807, 2.05) is 10.2 Å². The standard InChI is InChI=1S/C26H31ClF4N4O4/c1-34(2)23(36)20-7-8-21(33-22(20)27)35-11-9-16(10-12-35)13-18(28)15-32-24(37)25(38,26(29,30)31)17-5-4-6-19(14-17)39-3/h4-8,14,16,18,38H,9-13,15H2,1-3H3,(H,32,37)/t18-,25?/m0/s1. The summed E-state index contributed by atoms with van der Waals surface area (Å²) in [6.45, 7) is 0.398. The van der Waals surface area contributed by atoms with Crippen molar-refractivity contribution in [1.29, 1.82) is 0 Å². The molecule has 2 aromatic rings. The van der Waals surface area contributed by atoms with Crippen LogP contribution in [0.1, 0.15) is 35.2 Å². The van der Waals surface area contributed by atoms with Gasteiger partial charge in [-0.25, -0.2) is 9.37 Å². The van der Waals surface area contributed by atoms with Gasteiger partial charge in [0.05, 0.1) is 12.7 Å². The van der Waals surface area contributed by atoms with Gasteiger partial charge < -0.3 is 25.0 Å². The maximum absolute atomic E-state index is 14.7. The first-order valence-electron chi connectivity index (χ1n) is 12.3. The van der Waals surface area contributed by atoms with Crippen LogP contribution in [0.3, 0.4) is 0 Å². The van der Waals surface area contributed by atoms with Crippen LogP contribution < -0.4 is 15.0 Å². The Morgan fingerprint density at radius 3 is 2.46 bits per heavy atom. The molecule has 1 saturated heterocycles. The lowest BCUT2D eigenvalue weighted by Crippen LogP contribution is -2.55. The Bertz CT molecular complexity index is 1170. The zero-order chi connectivity index (χ0) is 29.0. The minimum atomic E-state index is -5.35. The summed E-state index contributed by atoms with van der Waals surface area (Å²) in [6, 6.07) is 7.74. The molecule has 1 aliphatic heterocycles. The highest BCUT2D eigenvalue weighted by atomic mass is 35.5. The fourth-order valence-electron chi connectivity index (χ4n) is 4.45. The van der Waals surface area contributed by atoms with Crippen LogP contribution in [-0.4, -0.2) is 80.0 Å². The van der Waals surface area contributed by atoms with E-state index in [2.05, 4.69) is 4.98 Å². The Morgan fingerprint density at radius 2 is 1.90 bits per heavy atom. The molecule has 2 N–H and O–H groups in total. The van der Waals surface area contributed by atoms with E-state index in [4.69, 9.17) is 16.3 Å². The van der Waals surface area contributed by atoms with E-state index in [9.17, 15) is 32.3 Å². The van der Waals surface area contributed by atoms with Crippen molar-refractivity contribution in [2.45, 2.75) is 37.2 Å². The van der Waals surface area contributed by atoms with Gasteiger partial charge in [0.1, 0.15) is 22.9 Å². The van der Waals surface area contributed by atoms with Gasteiger partial charge in [-0.2, -0.15) is 13.2 Å². The Morgan fingerprint density at radius 1 is 1.23 bits per heavy atom. The van der Waals surface area contributed by atoms with Gasteiger partial charge in [0.2, 0.25) is 0 Å². The molecule has 0 bridgehead atoms. The third-order valence-corrected chi connectivity index (χ3v) is 7.00. The molecule has 0 radical (unpaired) electrons. The number of nitrogens with zero attached hydrogens (tertiary/aromatic N) is 3. The SMILES string of the molecule is COc1cccc(C(O)(C(=O)NC[C@@H](F)CC2CCN(c3ccc(C(=O)N(C)C)c(Cl)n3)CC2)C(F)(F)F)c1. The number of hydrogen-bond donors (Lipinski definition) is 2. The van der Waals surface area contributed by atoms with E-state index in [0.29, 0.717) is 31.7 Å². The molecule has 39 heavy (non-hydrogen) atoms. The van der Waals surface area contributed by atoms with Crippen LogP contribution in [0.25, 0.3) is 0 Å². The van der Waals surface area contributed by atoms with Gasteiger partial charge in [-0.05, 0) is 49.4 Å². The summed E-state index contributed by atoms with van der Waals surface area (Å²) < 4.78 is 61.0. The van der Waals surface area contributed by atoms with Crippen molar-refractivity contribution in [1.82, 2.24) is 15.2 Å². The molecule has 0 aliphatic carbocycles. The minimum absolute atomic E-state index is 0.0214. The van der Waals surface area contributed by atoms with E-state index in [0.717, 1.165) is 12.1 Å². The first kappa shape index (κ1) is 30.4. The molecule has 3 rings (SSSR count). The zero-order valence-electron chi connectivity index (χ0n) is 21.8. The summed E-state index contributed by atoms with van der Waals surface area (Å²) in [7, 11) is 4.45. The van der Waals surface area contributed by atoms with Crippen LogP contribution in [0.15, 0.2) is 36.4 Å². The minimum Gasteiger partial charge on any atom is -0.497 e. The molecule has 0 spiro atoms. The van der Waals surface area contributed by atoms with Crippen molar-refractivity contribution in [3.63, 3.8) is 0 Å². The van der Waals surface area contributed by atoms with Crippen LogP contribution in [0.4, 0.5) is 23.4 Å². The first-order valence-corrected chi connectivity index (χ1v) is 12.6. The Kier molecular flexibility index (Phi) is 9.65. The summed E-state index contributed by atoms with van der Waals surface area (Å²) in [4.78, 5) is 32.3. The first-order chi connectivity index (χ1) is 18.3. The van der Waals surface area contributed by atoms with E-state index in [-0.39, 0.29) is 34.7 Å². The second kappa shape index (κ2) is 12.4. The fraction of sp³-hybridized carbons (Fsp3) is 0.500. The number of hydrogen-bond acceptors (Lipinski definition) is 6. The number of carbonyl (C=O) groups is 2. The van der Waals surface area contributed by atoms with E-state index >= 15 is 0 Å². The van der Waals surface area contributed by atoms with Crippen molar-refractivity contribution < 1.29 is 37.0 Å². The van der Waals surface area contributed by atoms with Crippen LogP contribution in [0, 0.1) is 5.92 Å². The maximum atomic E-state index is 14.7. The largest absolute Gasteiger partial charge is 0.497 e. The number of anilines is 1. The molecule has 0 saturated carbocycles. The lowest BCUT2D eigenvalue weighted by Gasteiger charge is -2.34. The highest BCUT2D eigenvalue weighted by Crippen LogP contribution is 2.40. The van der Waals surface area contributed by atoms with Crippen molar-refractivity contribution in [2.24, 2.45) is 5.92 Å². The summed E-state index contributed by atoms with van der Waals surface area (Å²) >= 11 is 6.20. The number of benzene rings is 1. The molecular formula is C26H31ClF4N4O4. The molecule has 1 aromatic carbocycles. The molecule has 1 fully saturated rings. The van der Waals surface area contributed by atoms with Crippen molar-refractivity contribution in [3.05, 3.63) is 52.7 Å². The number of rotatable bonds is 9. The summed E-state index contributed by atoms with van der Waals surface area (Å²) in [5.74, 6) is -1.50. The Labute approximate surface area is 228 Å². The van der Waals surface area contributed by atoms with E-state index in [1.165, 1.54) is 24.1 Å². The number of carbonyl (C=O) groups excluding carboxylic acids is 2. The second-order valence-electron chi connectivity index (χ2n) is 9.62. The lowest BCUT2D eigenvalue weighted by molar-refractivity contribution is -0.257. The highest BCUT2D eigenvalue weighted by Gasteiger charge is 2.61. The van der Waals surface area contributed by atoms with Gasteiger partial charge in [-0.1, -0.05) is 23.7 Å². The van der Waals surface area contributed by atoms with Crippen molar-refractivity contribution in [3.8, 4) is 5.75 Å². The highest BCUT2D eigenvalue weighted by molar-refractivity contribution is 6.32. The topological polar surface area (TPSA) is 95.0 Å². The van der Waals surface area contributed by atoms with Gasteiger partial charge in [0, 0.05) is 39.3 Å². The number of aromatic nitrogens is 1. The van der Waals surface area contributed by atoms with Crippen LogP contribution >= 0.6 is 11.6 Å². The summed E-state index contributed by atoms with van der Waals surface area (Å²) in [5, 5.41) is 12.4. The second-order valence-corrected chi connectivity index (χ2v) is 9.98. The normalized spacial score (nSPS) is 16.8. The number of methoxy groups -OCH3 is 1. The third kappa shape index (κ3) is 6.91. The lowest BCUT2D eigenvalue weighted by atomic mass is 9.90. The number of piperidine rings is 1. The average Bonchev–Trinajstić information content (AvgIpc) is 2.90. The predicted octanol–water partition coefficient (Wildman–Crippen LogP) is 3.96. The molecule has 2 amide bonds. The number of pyridine rings is 1. The number of aliphatic hydroxyl groups is 1. The van der Waals surface area contributed by atoms with Gasteiger partial charge >= 0.3 is 6.18 Å². The van der Waals surface area contributed by atoms with Crippen LogP contribution in [0.2, 0.25) is 5.15 Å². The van der Waals surface area contributed by atoms with E-state index < -0.39 is 36.0 Å². The van der Waals surface area contributed by atoms with E-state index in [1.54, 1.807) is 26.2 Å². The van der Waals surface area contributed by atoms with Gasteiger partial charge in [-0.15, -0.1) is 0 Å². The molecule has 2 atom stereocenters. The molecule has 1 aliphatic rings. The average molecular weight is 575 g/mol. The third-order valence-electron chi connectivity index (χ3n) is 6.71. The number of halogens is 5. The van der Waals surface area contributed by atoms with Gasteiger partial charge in [0.15, 0.2) is 0 Å². The van der Waals surface area contributed by atoms with Crippen molar-refractivity contribution >= 4 is 29.2 Å². The smallest absolute Gasteiger partial charge is 0.430 e. The summed E-state index contributed by atoms with van der Waals surface area (Å²) in [5.41, 5.74) is -4.32. The number of ether oxygens (including phenoxy) is 1. The fourth-order valence-corrected chi connectivity index (χ4v) is 4.68. The quantitative estimate of drug-likeness (QED) is 0.348. The van der Waals surface area contributed by atoms with Crippen molar-refractivity contribution in [2.75, 3.05) is 45.7 Å². The number of amides is 2. The molecule has 2 heterocycles. The predicted molar refractivity (Wildman–Crippen MR) is 138 cm³/mol. The zero-order valence-corrected chi connectivity index (χ0v) is 22.5. The van der Waals surface area contributed by atoms with Crippen LogP contribution in [0.5, 0.6) is 5.75 Å².